The average Bonchev–Trinajstić information content (AvgIpc) is 2.32. The predicted octanol–water partition coefficient (Wildman–Crippen LogP) is 5.43. The van der Waals surface area contributed by atoms with Gasteiger partial charge in [0.15, 0.2) is 0 Å². The first-order valence-corrected chi connectivity index (χ1v) is 8.18. The molecule has 2 heteroatoms. The summed E-state index contributed by atoms with van der Waals surface area (Å²) in [6.07, 6.45) is 7.81. The number of halogens is 1. The molecule has 0 radical (unpaired) electrons. The highest BCUT2D eigenvalue weighted by molar-refractivity contribution is 9.10. The van der Waals surface area contributed by atoms with Crippen LogP contribution in [0.15, 0.2) is 22.7 Å². The van der Waals surface area contributed by atoms with Crippen molar-refractivity contribution in [2.24, 2.45) is 0 Å². The van der Waals surface area contributed by atoms with Gasteiger partial charge in [0.25, 0.3) is 0 Å². The molecule has 19 heavy (non-hydrogen) atoms. The van der Waals surface area contributed by atoms with Crippen LogP contribution >= 0.6 is 15.9 Å². The summed E-state index contributed by atoms with van der Waals surface area (Å²) in [7, 11) is 0. The summed E-state index contributed by atoms with van der Waals surface area (Å²) in [6, 6.07) is 6.67. The van der Waals surface area contributed by atoms with Crippen LogP contribution in [0.3, 0.4) is 0 Å². The van der Waals surface area contributed by atoms with Gasteiger partial charge in [-0.1, -0.05) is 28.1 Å². The van der Waals surface area contributed by atoms with Crippen LogP contribution in [0.1, 0.15) is 57.1 Å². The molecule has 1 aliphatic heterocycles. The molecule has 0 bridgehead atoms. The van der Waals surface area contributed by atoms with E-state index in [1.807, 2.05) is 0 Å². The monoisotopic (exact) mass is 324 g/mol. The van der Waals surface area contributed by atoms with Crippen LogP contribution < -0.4 is 0 Å². The second kappa shape index (κ2) is 6.41. The Labute approximate surface area is 125 Å². The van der Waals surface area contributed by atoms with Gasteiger partial charge in [0.05, 0.1) is 11.7 Å². The summed E-state index contributed by atoms with van der Waals surface area (Å²) in [4.78, 5) is 0. The van der Waals surface area contributed by atoms with Gasteiger partial charge in [-0.25, -0.2) is 0 Å². The number of rotatable bonds is 4. The molecule has 0 amide bonds. The van der Waals surface area contributed by atoms with Crippen molar-refractivity contribution in [2.45, 2.75) is 71.0 Å². The number of hydrogen-bond acceptors (Lipinski definition) is 1. The molecule has 0 aromatic heterocycles. The lowest BCUT2D eigenvalue weighted by Crippen LogP contribution is -2.35. The lowest BCUT2D eigenvalue weighted by atomic mass is 9.92. The highest BCUT2D eigenvalue weighted by Crippen LogP contribution is 2.30. The lowest BCUT2D eigenvalue weighted by molar-refractivity contribution is -0.109. The molecule has 1 aromatic carbocycles. The van der Waals surface area contributed by atoms with Gasteiger partial charge in [0.1, 0.15) is 0 Å². The first-order chi connectivity index (χ1) is 8.96. The molecule has 1 fully saturated rings. The van der Waals surface area contributed by atoms with Crippen LogP contribution in [0.25, 0.3) is 0 Å². The molecule has 1 atom stereocenters. The van der Waals surface area contributed by atoms with Gasteiger partial charge >= 0.3 is 0 Å². The topological polar surface area (TPSA) is 9.23 Å². The predicted molar refractivity (Wildman–Crippen MR) is 84.6 cm³/mol. The fourth-order valence-electron chi connectivity index (χ4n) is 2.92. The molecular formula is C17H25BrO. The maximum absolute atomic E-state index is 6.15. The third-order valence-corrected chi connectivity index (χ3v) is 4.89. The molecule has 1 nitrogen and oxygen atoms in total. The molecular weight excluding hydrogens is 300 g/mol. The van der Waals surface area contributed by atoms with E-state index in [0.717, 1.165) is 6.42 Å². The third-order valence-electron chi connectivity index (χ3n) is 4.00. The minimum absolute atomic E-state index is 0.0944. The molecule has 1 aliphatic rings. The molecule has 106 valence electrons. The summed E-state index contributed by atoms with van der Waals surface area (Å²) < 4.78 is 7.35. The largest absolute Gasteiger partial charge is 0.372 e. The Kier molecular flexibility index (Phi) is 5.08. The number of ether oxygens (including phenoxy) is 1. The molecule has 2 rings (SSSR count). The van der Waals surface area contributed by atoms with Gasteiger partial charge in [-0.05, 0) is 76.5 Å². The Hall–Kier alpha value is -0.340. The van der Waals surface area contributed by atoms with Crippen molar-refractivity contribution in [3.63, 3.8) is 0 Å². The smallest absolute Gasteiger partial charge is 0.0630 e. The van der Waals surface area contributed by atoms with E-state index in [1.165, 1.54) is 47.7 Å². The van der Waals surface area contributed by atoms with Crippen LogP contribution in [0.5, 0.6) is 0 Å². The minimum atomic E-state index is 0.0944. The highest BCUT2D eigenvalue weighted by Gasteiger charge is 2.27. The summed E-state index contributed by atoms with van der Waals surface area (Å²) >= 11 is 3.55. The number of hydrogen-bond donors (Lipinski definition) is 0. The third kappa shape index (κ3) is 4.61. The van der Waals surface area contributed by atoms with E-state index in [4.69, 9.17) is 4.74 Å². The van der Waals surface area contributed by atoms with E-state index in [-0.39, 0.29) is 5.60 Å². The van der Waals surface area contributed by atoms with Crippen LogP contribution in [-0.2, 0) is 11.2 Å². The second-order valence-corrected chi connectivity index (χ2v) is 7.22. The van der Waals surface area contributed by atoms with Crippen LogP contribution in [0, 0.1) is 6.92 Å². The van der Waals surface area contributed by atoms with Gasteiger partial charge < -0.3 is 4.74 Å². The van der Waals surface area contributed by atoms with Crippen molar-refractivity contribution in [3.8, 4) is 0 Å². The van der Waals surface area contributed by atoms with Crippen molar-refractivity contribution in [2.75, 3.05) is 0 Å². The molecule has 0 N–H and O–H groups in total. The molecule has 0 aliphatic carbocycles. The van der Waals surface area contributed by atoms with E-state index in [9.17, 15) is 0 Å². The Morgan fingerprint density at radius 3 is 2.84 bits per heavy atom. The SMILES string of the molecule is Cc1cc(CCC[C@H]2CCCC(C)(C)O2)ccc1Br. The van der Waals surface area contributed by atoms with Crippen LogP contribution in [0.2, 0.25) is 0 Å². The zero-order valence-corrected chi connectivity index (χ0v) is 13.9. The Morgan fingerprint density at radius 1 is 1.37 bits per heavy atom. The first kappa shape index (κ1) is 15.1. The molecule has 1 aromatic rings. The fourth-order valence-corrected chi connectivity index (χ4v) is 3.17. The maximum Gasteiger partial charge on any atom is 0.0630 e. The Morgan fingerprint density at radius 2 is 2.16 bits per heavy atom. The number of benzene rings is 1. The summed E-state index contributed by atoms with van der Waals surface area (Å²) in [5, 5.41) is 0. The van der Waals surface area contributed by atoms with Crippen molar-refractivity contribution < 1.29 is 4.74 Å². The number of aryl methyl sites for hydroxylation is 2. The van der Waals surface area contributed by atoms with Crippen molar-refractivity contribution in [3.05, 3.63) is 33.8 Å². The van der Waals surface area contributed by atoms with Crippen molar-refractivity contribution >= 4 is 15.9 Å². The Bertz CT molecular complexity index is 425. The van der Waals surface area contributed by atoms with E-state index < -0.39 is 0 Å². The zero-order chi connectivity index (χ0) is 13.9. The normalized spacial score (nSPS) is 22.4. The van der Waals surface area contributed by atoms with Gasteiger partial charge in [-0.3, -0.25) is 0 Å². The maximum atomic E-state index is 6.15. The van der Waals surface area contributed by atoms with Gasteiger partial charge in [0, 0.05) is 4.47 Å². The Balaban J connectivity index is 1.78. The molecule has 1 saturated heterocycles. The van der Waals surface area contributed by atoms with E-state index >= 15 is 0 Å². The summed E-state index contributed by atoms with van der Waals surface area (Å²) in [6.45, 7) is 6.59. The van der Waals surface area contributed by atoms with Crippen molar-refractivity contribution in [1.29, 1.82) is 0 Å². The van der Waals surface area contributed by atoms with E-state index in [2.05, 4.69) is 54.9 Å². The average molecular weight is 325 g/mol. The zero-order valence-electron chi connectivity index (χ0n) is 12.3. The quantitative estimate of drug-likeness (QED) is 0.717. The highest BCUT2D eigenvalue weighted by atomic mass is 79.9. The lowest BCUT2D eigenvalue weighted by Gasteiger charge is -2.36. The van der Waals surface area contributed by atoms with E-state index in [0.29, 0.717) is 6.10 Å². The standard InChI is InChI=1S/C17H25BrO/c1-13-12-14(9-10-16(13)18)6-4-7-15-8-5-11-17(2,3)19-15/h9-10,12,15H,4-8,11H2,1-3H3/t15-/m0/s1. The van der Waals surface area contributed by atoms with Gasteiger partial charge in [-0.15, -0.1) is 0 Å². The minimum Gasteiger partial charge on any atom is -0.372 e. The first-order valence-electron chi connectivity index (χ1n) is 7.39. The molecule has 0 unspecified atom stereocenters. The van der Waals surface area contributed by atoms with Crippen molar-refractivity contribution in [1.82, 2.24) is 0 Å². The molecule has 0 saturated carbocycles. The van der Waals surface area contributed by atoms with Gasteiger partial charge in [-0.2, -0.15) is 0 Å². The second-order valence-electron chi connectivity index (χ2n) is 6.37. The molecule has 0 spiro atoms. The summed E-state index contributed by atoms with van der Waals surface area (Å²) in [5.41, 5.74) is 2.86. The van der Waals surface area contributed by atoms with Gasteiger partial charge in [0.2, 0.25) is 0 Å². The van der Waals surface area contributed by atoms with Crippen LogP contribution in [-0.4, -0.2) is 11.7 Å². The molecule has 1 heterocycles. The van der Waals surface area contributed by atoms with Crippen LogP contribution in [0.4, 0.5) is 0 Å². The summed E-state index contributed by atoms with van der Waals surface area (Å²) in [5.74, 6) is 0. The fraction of sp³-hybridized carbons (Fsp3) is 0.647. The van der Waals surface area contributed by atoms with E-state index in [1.54, 1.807) is 0 Å².